The second-order valence-corrected chi connectivity index (χ2v) is 6.10. The van der Waals surface area contributed by atoms with E-state index in [0.29, 0.717) is 5.69 Å². The first-order valence-corrected chi connectivity index (χ1v) is 7.54. The first-order chi connectivity index (χ1) is 8.42. The fourth-order valence-corrected chi connectivity index (χ4v) is 3.09. The molecule has 2 N–H and O–H groups in total. The van der Waals surface area contributed by atoms with E-state index in [0.717, 1.165) is 6.42 Å². The molecule has 18 heavy (non-hydrogen) atoms. The fourth-order valence-electron chi connectivity index (χ4n) is 1.58. The maximum absolute atomic E-state index is 12.3. The van der Waals surface area contributed by atoms with Crippen LogP contribution < -0.4 is 10.0 Å². The molecule has 0 fully saturated rings. The van der Waals surface area contributed by atoms with Crippen molar-refractivity contribution in [1.82, 2.24) is 9.71 Å². The largest absolute Gasteiger partial charge is 0.387 e. The third-order valence-electron chi connectivity index (χ3n) is 3.18. The van der Waals surface area contributed by atoms with Gasteiger partial charge >= 0.3 is 0 Å². The number of anilines is 1. The first-order valence-electron chi connectivity index (χ1n) is 6.06. The van der Waals surface area contributed by atoms with E-state index in [-0.39, 0.29) is 16.9 Å². The molecular formula is C12H21N3O2S. The van der Waals surface area contributed by atoms with Crippen LogP contribution in [0.3, 0.4) is 0 Å². The van der Waals surface area contributed by atoms with Gasteiger partial charge in [0.15, 0.2) is 0 Å². The number of aromatic nitrogens is 1. The maximum Gasteiger partial charge on any atom is 0.244 e. The fraction of sp³-hybridized carbons (Fsp3) is 0.583. The van der Waals surface area contributed by atoms with Gasteiger partial charge in [-0.05, 0) is 18.9 Å². The van der Waals surface area contributed by atoms with Crippen LogP contribution in [0.1, 0.15) is 27.2 Å². The van der Waals surface area contributed by atoms with Gasteiger partial charge in [-0.1, -0.05) is 20.3 Å². The van der Waals surface area contributed by atoms with Crippen LogP contribution in [-0.4, -0.2) is 26.5 Å². The summed E-state index contributed by atoms with van der Waals surface area (Å²) in [5.74, 6) is 0.287. The maximum atomic E-state index is 12.3. The molecule has 0 spiro atoms. The van der Waals surface area contributed by atoms with E-state index in [1.807, 2.05) is 20.8 Å². The summed E-state index contributed by atoms with van der Waals surface area (Å²) in [6.07, 6.45) is 3.84. The Morgan fingerprint density at radius 1 is 1.39 bits per heavy atom. The highest BCUT2D eigenvalue weighted by Crippen LogP contribution is 2.20. The van der Waals surface area contributed by atoms with E-state index < -0.39 is 10.0 Å². The van der Waals surface area contributed by atoms with Gasteiger partial charge < -0.3 is 5.32 Å². The number of nitrogens with one attached hydrogen (secondary N) is 2. The van der Waals surface area contributed by atoms with Crippen LogP contribution in [0.5, 0.6) is 0 Å². The summed E-state index contributed by atoms with van der Waals surface area (Å²) >= 11 is 0. The molecule has 0 aromatic carbocycles. The first kappa shape index (κ1) is 14.9. The van der Waals surface area contributed by atoms with Crippen molar-refractivity contribution in [2.75, 3.05) is 12.4 Å². The van der Waals surface area contributed by atoms with Crippen LogP contribution in [0.15, 0.2) is 23.4 Å². The van der Waals surface area contributed by atoms with Gasteiger partial charge in [0.05, 0.1) is 5.69 Å². The highest BCUT2D eigenvalue weighted by atomic mass is 32.2. The highest BCUT2D eigenvalue weighted by Gasteiger charge is 2.22. The molecule has 1 aromatic rings. The SMILES string of the molecule is CCC(C)C(C)NS(=O)(=O)c1cnccc1NC. The smallest absolute Gasteiger partial charge is 0.244 e. The highest BCUT2D eigenvalue weighted by molar-refractivity contribution is 7.89. The molecule has 0 radical (unpaired) electrons. The summed E-state index contributed by atoms with van der Waals surface area (Å²) in [6, 6.07) is 1.53. The molecular weight excluding hydrogens is 250 g/mol. The quantitative estimate of drug-likeness (QED) is 0.828. The standard InChI is InChI=1S/C12H21N3O2S/c1-5-9(2)10(3)15-18(16,17)12-8-14-7-6-11(12)13-4/h6-10,15H,5H2,1-4H3,(H,13,14). The zero-order valence-corrected chi connectivity index (χ0v) is 12.1. The Kier molecular flexibility index (Phi) is 5.10. The van der Waals surface area contributed by atoms with E-state index in [9.17, 15) is 8.42 Å². The summed E-state index contributed by atoms with van der Waals surface area (Å²) < 4.78 is 27.2. The van der Waals surface area contributed by atoms with Gasteiger partial charge in [0, 0.05) is 25.5 Å². The Bertz CT molecular complexity index is 488. The molecule has 6 heteroatoms. The molecule has 1 aromatic heterocycles. The molecule has 1 rings (SSSR count). The number of sulfonamides is 1. The van der Waals surface area contributed by atoms with Crippen LogP contribution in [0.4, 0.5) is 5.69 Å². The van der Waals surface area contributed by atoms with Crippen molar-refractivity contribution in [2.45, 2.75) is 38.1 Å². The predicted molar refractivity (Wildman–Crippen MR) is 73.0 cm³/mol. The predicted octanol–water partition coefficient (Wildman–Crippen LogP) is 1.84. The average molecular weight is 271 g/mol. The molecule has 0 bridgehead atoms. The van der Waals surface area contributed by atoms with Gasteiger partial charge in [-0.15, -0.1) is 0 Å². The Hall–Kier alpha value is -1.14. The summed E-state index contributed by atoms with van der Waals surface area (Å²) in [5, 5.41) is 2.86. The van der Waals surface area contributed by atoms with Gasteiger partial charge in [-0.3, -0.25) is 4.98 Å². The molecule has 0 aliphatic heterocycles. The Morgan fingerprint density at radius 3 is 2.61 bits per heavy atom. The summed E-state index contributed by atoms with van der Waals surface area (Å²) in [4.78, 5) is 4.06. The van der Waals surface area contributed by atoms with Crippen LogP contribution in [0, 0.1) is 5.92 Å². The van der Waals surface area contributed by atoms with Crippen molar-refractivity contribution in [3.8, 4) is 0 Å². The van der Waals surface area contributed by atoms with Crippen LogP contribution in [-0.2, 0) is 10.0 Å². The van der Waals surface area contributed by atoms with E-state index >= 15 is 0 Å². The minimum Gasteiger partial charge on any atom is -0.387 e. The molecule has 0 aliphatic carbocycles. The van der Waals surface area contributed by atoms with Crippen molar-refractivity contribution in [1.29, 1.82) is 0 Å². The minimum absolute atomic E-state index is 0.107. The summed E-state index contributed by atoms with van der Waals surface area (Å²) in [5.41, 5.74) is 0.550. The van der Waals surface area contributed by atoms with Crippen molar-refractivity contribution < 1.29 is 8.42 Å². The van der Waals surface area contributed by atoms with Gasteiger partial charge in [0.25, 0.3) is 0 Å². The van der Waals surface area contributed by atoms with Crippen LogP contribution in [0.25, 0.3) is 0 Å². The number of hydrogen-bond donors (Lipinski definition) is 2. The van der Waals surface area contributed by atoms with Crippen molar-refractivity contribution >= 4 is 15.7 Å². The molecule has 0 aliphatic rings. The van der Waals surface area contributed by atoms with Crippen LogP contribution in [0.2, 0.25) is 0 Å². The Morgan fingerprint density at radius 2 is 2.06 bits per heavy atom. The molecule has 102 valence electrons. The van der Waals surface area contributed by atoms with Gasteiger partial charge in [0.2, 0.25) is 10.0 Å². The van der Waals surface area contributed by atoms with Crippen LogP contribution >= 0.6 is 0 Å². The number of nitrogens with zero attached hydrogens (tertiary/aromatic N) is 1. The lowest BCUT2D eigenvalue weighted by molar-refractivity contribution is 0.434. The minimum atomic E-state index is -3.53. The monoisotopic (exact) mass is 271 g/mol. The van der Waals surface area contributed by atoms with E-state index in [1.165, 1.54) is 6.20 Å². The molecule has 2 atom stereocenters. The third kappa shape index (κ3) is 3.43. The second kappa shape index (κ2) is 6.15. The van der Waals surface area contributed by atoms with Gasteiger partial charge in [-0.25, -0.2) is 13.1 Å². The lowest BCUT2D eigenvalue weighted by atomic mass is 10.0. The molecule has 2 unspecified atom stereocenters. The van der Waals surface area contributed by atoms with Gasteiger partial charge in [0.1, 0.15) is 4.90 Å². The number of hydrogen-bond acceptors (Lipinski definition) is 4. The zero-order chi connectivity index (χ0) is 13.8. The second-order valence-electron chi connectivity index (χ2n) is 4.42. The lowest BCUT2D eigenvalue weighted by Crippen LogP contribution is -2.37. The Balaban J connectivity index is 3.00. The lowest BCUT2D eigenvalue weighted by Gasteiger charge is -2.20. The number of rotatable bonds is 6. The molecule has 0 amide bonds. The third-order valence-corrected chi connectivity index (χ3v) is 4.77. The van der Waals surface area contributed by atoms with Crippen molar-refractivity contribution in [3.05, 3.63) is 18.5 Å². The molecule has 5 nitrogen and oxygen atoms in total. The Labute approximate surface area is 109 Å². The summed E-state index contributed by atoms with van der Waals surface area (Å²) in [7, 11) is -1.85. The zero-order valence-electron chi connectivity index (χ0n) is 11.3. The van der Waals surface area contributed by atoms with E-state index in [1.54, 1.807) is 19.3 Å². The van der Waals surface area contributed by atoms with Crippen molar-refractivity contribution in [2.24, 2.45) is 5.92 Å². The molecule has 0 saturated heterocycles. The van der Waals surface area contributed by atoms with E-state index in [2.05, 4.69) is 15.0 Å². The normalized spacial score (nSPS) is 15.1. The van der Waals surface area contributed by atoms with Gasteiger partial charge in [-0.2, -0.15) is 0 Å². The summed E-state index contributed by atoms with van der Waals surface area (Å²) in [6.45, 7) is 5.94. The average Bonchev–Trinajstić information content (AvgIpc) is 2.37. The van der Waals surface area contributed by atoms with E-state index in [4.69, 9.17) is 0 Å². The molecule has 1 heterocycles. The molecule has 0 saturated carbocycles. The topological polar surface area (TPSA) is 71.1 Å². The number of pyridine rings is 1. The van der Waals surface area contributed by atoms with Crippen molar-refractivity contribution in [3.63, 3.8) is 0 Å².